The number of hydrogen-bond acceptors (Lipinski definition) is 8. The van der Waals surface area contributed by atoms with E-state index in [1.54, 1.807) is 6.92 Å². The number of rotatable bonds is 10. The topological polar surface area (TPSA) is 115 Å². The van der Waals surface area contributed by atoms with Crippen molar-refractivity contribution < 1.29 is 18.3 Å². The van der Waals surface area contributed by atoms with Crippen molar-refractivity contribution in [1.29, 1.82) is 0 Å². The fourth-order valence-corrected chi connectivity index (χ4v) is 4.27. The van der Waals surface area contributed by atoms with Gasteiger partial charge in [0.05, 0.1) is 19.0 Å². The number of anilines is 2. The molecule has 0 unspecified atom stereocenters. The molecule has 0 aliphatic heterocycles. The summed E-state index contributed by atoms with van der Waals surface area (Å²) in [5.41, 5.74) is 5.66. The number of ether oxygens (including phenoxy) is 1. The van der Waals surface area contributed by atoms with Crippen LogP contribution in [0.5, 0.6) is 0 Å². The van der Waals surface area contributed by atoms with E-state index in [4.69, 9.17) is 15.6 Å². The third-order valence-electron chi connectivity index (χ3n) is 2.44. The van der Waals surface area contributed by atoms with Crippen molar-refractivity contribution in [2.75, 3.05) is 43.2 Å². The predicted molar refractivity (Wildman–Crippen MR) is 79.9 cm³/mol. The molecule has 0 saturated carbocycles. The van der Waals surface area contributed by atoms with Crippen molar-refractivity contribution >= 4 is 32.2 Å². The first-order valence-corrected chi connectivity index (χ1v) is 8.86. The average Bonchev–Trinajstić information content (AvgIpc) is 2.75. The zero-order chi connectivity index (χ0) is 15.0. The van der Waals surface area contributed by atoms with Crippen molar-refractivity contribution in [3.05, 3.63) is 0 Å². The Kier molecular flexibility index (Phi) is 7.20. The van der Waals surface area contributed by atoms with E-state index in [1.165, 1.54) is 0 Å². The normalized spacial score (nSPS) is 11.7. The largest absolute Gasteiger partial charge is 0.394 e. The van der Waals surface area contributed by atoms with Crippen LogP contribution in [0.25, 0.3) is 0 Å². The quantitative estimate of drug-likeness (QED) is 0.543. The number of nitrogens with two attached hydrogens (primary N) is 1. The van der Waals surface area contributed by atoms with Crippen LogP contribution in [-0.4, -0.2) is 50.0 Å². The number of aliphatic hydroxyl groups is 1. The van der Waals surface area contributed by atoms with Gasteiger partial charge in [0, 0.05) is 13.2 Å². The summed E-state index contributed by atoms with van der Waals surface area (Å²) in [5, 5.41) is 12.1. The molecule has 0 aliphatic rings. The van der Waals surface area contributed by atoms with E-state index >= 15 is 0 Å². The smallest absolute Gasteiger partial charge is 0.185 e. The van der Waals surface area contributed by atoms with Crippen molar-refractivity contribution in [3.63, 3.8) is 0 Å². The molecule has 0 atom stereocenters. The summed E-state index contributed by atoms with van der Waals surface area (Å²) in [4.78, 5) is 0.112. The van der Waals surface area contributed by atoms with Crippen molar-refractivity contribution in [3.8, 4) is 0 Å². The zero-order valence-corrected chi connectivity index (χ0v) is 13.1. The van der Waals surface area contributed by atoms with Crippen LogP contribution in [0.3, 0.4) is 0 Å². The number of nitrogen functional groups attached to an aromatic ring is 1. The monoisotopic (exact) mass is 323 g/mol. The molecule has 0 saturated heterocycles. The molecule has 0 spiro atoms. The van der Waals surface area contributed by atoms with Gasteiger partial charge in [-0.15, -0.1) is 0 Å². The van der Waals surface area contributed by atoms with E-state index in [0.717, 1.165) is 11.5 Å². The highest BCUT2D eigenvalue weighted by molar-refractivity contribution is 7.91. The van der Waals surface area contributed by atoms with E-state index in [1.807, 2.05) is 0 Å². The van der Waals surface area contributed by atoms with Crippen LogP contribution >= 0.6 is 11.5 Å². The first kappa shape index (κ1) is 17.2. The summed E-state index contributed by atoms with van der Waals surface area (Å²) in [7, 11) is -3.38. The van der Waals surface area contributed by atoms with Crippen LogP contribution in [0, 0.1) is 0 Å². The number of aromatic nitrogens is 1. The minimum Gasteiger partial charge on any atom is -0.394 e. The Labute approximate surface area is 123 Å². The minimum absolute atomic E-state index is 0.00177. The number of nitrogens with one attached hydrogen (secondary N) is 1. The summed E-state index contributed by atoms with van der Waals surface area (Å²) in [5.74, 6) is 0.117. The second kappa shape index (κ2) is 8.40. The van der Waals surface area contributed by atoms with Crippen LogP contribution in [0.1, 0.15) is 19.8 Å². The molecule has 0 aromatic carbocycles. The average molecular weight is 323 g/mol. The summed E-state index contributed by atoms with van der Waals surface area (Å²) in [6.07, 6.45) is 1.23. The Morgan fingerprint density at radius 3 is 2.85 bits per heavy atom. The summed E-state index contributed by atoms with van der Waals surface area (Å²) < 4.78 is 33.2. The van der Waals surface area contributed by atoms with Gasteiger partial charge in [0.1, 0.15) is 9.90 Å². The Hall–Kier alpha value is -0.900. The molecule has 0 amide bonds. The van der Waals surface area contributed by atoms with E-state index in [9.17, 15) is 8.42 Å². The summed E-state index contributed by atoms with van der Waals surface area (Å²) in [6, 6.07) is 0. The first-order valence-electron chi connectivity index (χ1n) is 6.43. The maximum Gasteiger partial charge on any atom is 0.185 e. The molecule has 20 heavy (non-hydrogen) atoms. The lowest BCUT2D eigenvalue weighted by Crippen LogP contribution is -2.12. The SMILES string of the molecule is CCCS(=O)(=O)c1c(N)nsc1NCCCOCCO. The van der Waals surface area contributed by atoms with Gasteiger partial charge in [-0.2, -0.15) is 4.37 Å². The molecule has 9 heteroatoms. The third kappa shape index (κ3) is 4.89. The Morgan fingerprint density at radius 2 is 2.20 bits per heavy atom. The van der Waals surface area contributed by atoms with Crippen molar-refractivity contribution in [2.24, 2.45) is 0 Å². The molecule has 0 aliphatic carbocycles. The third-order valence-corrected chi connectivity index (χ3v) is 5.37. The molecule has 1 aromatic rings. The van der Waals surface area contributed by atoms with Gasteiger partial charge in [-0.3, -0.25) is 0 Å². The van der Waals surface area contributed by atoms with E-state index in [-0.39, 0.29) is 23.1 Å². The van der Waals surface area contributed by atoms with Gasteiger partial charge in [0.2, 0.25) is 0 Å². The zero-order valence-electron chi connectivity index (χ0n) is 11.5. The maximum atomic E-state index is 12.1. The van der Waals surface area contributed by atoms with Gasteiger partial charge in [0.15, 0.2) is 15.7 Å². The number of hydrogen-bond donors (Lipinski definition) is 3. The highest BCUT2D eigenvalue weighted by Gasteiger charge is 2.24. The molecular formula is C11H21N3O4S2. The molecular weight excluding hydrogens is 302 g/mol. The van der Waals surface area contributed by atoms with E-state index in [2.05, 4.69) is 9.69 Å². The predicted octanol–water partition coefficient (Wildman–Crippen LogP) is 0.720. The van der Waals surface area contributed by atoms with Crippen molar-refractivity contribution in [1.82, 2.24) is 4.37 Å². The highest BCUT2D eigenvalue weighted by atomic mass is 32.2. The van der Waals surface area contributed by atoms with Crippen LogP contribution in [0.2, 0.25) is 0 Å². The summed E-state index contributed by atoms with van der Waals surface area (Å²) >= 11 is 1.05. The first-order chi connectivity index (χ1) is 9.53. The van der Waals surface area contributed by atoms with Gasteiger partial charge in [0.25, 0.3) is 0 Å². The fraction of sp³-hybridized carbons (Fsp3) is 0.727. The van der Waals surface area contributed by atoms with Crippen LogP contribution in [0.4, 0.5) is 10.8 Å². The second-order valence-corrected chi connectivity index (χ2v) is 6.98. The molecule has 0 fully saturated rings. The fourth-order valence-electron chi connectivity index (χ4n) is 1.62. The van der Waals surface area contributed by atoms with Gasteiger partial charge < -0.3 is 20.9 Å². The molecule has 1 rings (SSSR count). The van der Waals surface area contributed by atoms with Crippen molar-refractivity contribution in [2.45, 2.75) is 24.7 Å². The van der Waals surface area contributed by atoms with E-state index in [0.29, 0.717) is 37.6 Å². The number of sulfone groups is 1. The Balaban J connectivity index is 2.59. The van der Waals surface area contributed by atoms with Gasteiger partial charge in [-0.05, 0) is 24.4 Å². The van der Waals surface area contributed by atoms with Crippen LogP contribution in [-0.2, 0) is 14.6 Å². The standard InChI is InChI=1S/C11H21N3O4S2/c1-2-8-20(16,17)9-10(12)14-19-11(9)13-4-3-6-18-7-5-15/h13,15H,2-8H2,1H3,(H2,12,14). The van der Waals surface area contributed by atoms with Crippen LogP contribution < -0.4 is 11.1 Å². The number of aliphatic hydroxyl groups excluding tert-OH is 1. The number of nitrogens with zero attached hydrogens (tertiary/aromatic N) is 1. The maximum absolute atomic E-state index is 12.1. The Bertz CT molecular complexity index is 502. The molecule has 7 nitrogen and oxygen atoms in total. The summed E-state index contributed by atoms with van der Waals surface area (Å²) in [6.45, 7) is 3.17. The molecule has 0 bridgehead atoms. The lowest BCUT2D eigenvalue weighted by atomic mass is 10.4. The van der Waals surface area contributed by atoms with Gasteiger partial charge >= 0.3 is 0 Å². The highest BCUT2D eigenvalue weighted by Crippen LogP contribution is 2.32. The van der Waals surface area contributed by atoms with Gasteiger partial charge in [-0.1, -0.05) is 6.92 Å². The van der Waals surface area contributed by atoms with Crippen LogP contribution in [0.15, 0.2) is 4.90 Å². The molecule has 1 aromatic heterocycles. The molecule has 116 valence electrons. The molecule has 0 radical (unpaired) electrons. The minimum atomic E-state index is -3.38. The molecule has 4 N–H and O–H groups in total. The lowest BCUT2D eigenvalue weighted by molar-refractivity contribution is 0.0922. The van der Waals surface area contributed by atoms with E-state index < -0.39 is 9.84 Å². The Morgan fingerprint density at radius 1 is 1.45 bits per heavy atom. The second-order valence-electron chi connectivity index (χ2n) is 4.16. The molecule has 1 heterocycles. The lowest BCUT2D eigenvalue weighted by Gasteiger charge is -2.07. The van der Waals surface area contributed by atoms with Gasteiger partial charge in [-0.25, -0.2) is 8.42 Å².